The van der Waals surface area contributed by atoms with Gasteiger partial charge in [0.2, 0.25) is 0 Å². The molecular formula is C17H29N3. The molecule has 1 unspecified atom stereocenters. The van der Waals surface area contributed by atoms with Crippen LogP contribution >= 0.6 is 0 Å². The van der Waals surface area contributed by atoms with Crippen molar-refractivity contribution in [2.75, 3.05) is 13.1 Å². The maximum absolute atomic E-state index is 7.67. The molecule has 20 heavy (non-hydrogen) atoms. The molecule has 3 nitrogen and oxygen atoms in total. The van der Waals surface area contributed by atoms with Gasteiger partial charge in [-0.2, -0.15) is 0 Å². The SMILES string of the molecule is CCC(CC)CN(CC)C(CC(=N)N)c1ccccc1. The van der Waals surface area contributed by atoms with Crippen LogP contribution in [0.2, 0.25) is 0 Å². The van der Waals surface area contributed by atoms with E-state index in [1.807, 2.05) is 6.07 Å². The molecule has 0 aromatic heterocycles. The Morgan fingerprint density at radius 3 is 2.20 bits per heavy atom. The third-order valence-electron chi connectivity index (χ3n) is 4.09. The number of rotatable bonds is 9. The lowest BCUT2D eigenvalue weighted by Gasteiger charge is -2.33. The molecular weight excluding hydrogens is 246 g/mol. The van der Waals surface area contributed by atoms with Crippen molar-refractivity contribution in [3.63, 3.8) is 0 Å². The summed E-state index contributed by atoms with van der Waals surface area (Å²) in [6.07, 6.45) is 3.02. The van der Waals surface area contributed by atoms with Crippen molar-refractivity contribution in [3.8, 4) is 0 Å². The van der Waals surface area contributed by atoms with E-state index < -0.39 is 0 Å². The van der Waals surface area contributed by atoms with Crippen LogP contribution in [0.4, 0.5) is 0 Å². The summed E-state index contributed by atoms with van der Waals surface area (Å²) in [6, 6.07) is 10.7. The van der Waals surface area contributed by atoms with Gasteiger partial charge < -0.3 is 5.73 Å². The summed E-state index contributed by atoms with van der Waals surface area (Å²) in [5.41, 5.74) is 6.94. The molecule has 0 amide bonds. The van der Waals surface area contributed by atoms with Crippen LogP contribution in [0.25, 0.3) is 0 Å². The van der Waals surface area contributed by atoms with Crippen molar-refractivity contribution in [1.29, 1.82) is 5.41 Å². The van der Waals surface area contributed by atoms with E-state index in [-0.39, 0.29) is 11.9 Å². The van der Waals surface area contributed by atoms with Crippen LogP contribution in [-0.4, -0.2) is 23.8 Å². The lowest BCUT2D eigenvalue weighted by atomic mass is 9.97. The quantitative estimate of drug-likeness (QED) is 0.532. The molecule has 0 spiro atoms. The summed E-state index contributed by atoms with van der Waals surface area (Å²) in [7, 11) is 0. The van der Waals surface area contributed by atoms with Gasteiger partial charge in [-0.25, -0.2) is 0 Å². The Morgan fingerprint density at radius 1 is 1.15 bits per heavy atom. The second kappa shape index (κ2) is 8.75. The molecule has 0 saturated heterocycles. The zero-order valence-corrected chi connectivity index (χ0v) is 13.1. The lowest BCUT2D eigenvalue weighted by Crippen LogP contribution is -2.35. The minimum absolute atomic E-state index is 0.222. The Bertz CT molecular complexity index is 384. The van der Waals surface area contributed by atoms with Crippen LogP contribution < -0.4 is 5.73 Å². The average Bonchev–Trinajstić information content (AvgIpc) is 2.47. The third kappa shape index (κ3) is 4.97. The van der Waals surface area contributed by atoms with Crippen LogP contribution in [-0.2, 0) is 0 Å². The summed E-state index contributed by atoms with van der Waals surface area (Å²) in [5.74, 6) is 0.981. The van der Waals surface area contributed by atoms with E-state index in [1.165, 1.54) is 18.4 Å². The molecule has 0 bridgehead atoms. The highest BCUT2D eigenvalue weighted by Gasteiger charge is 2.22. The molecule has 0 aliphatic rings. The minimum atomic E-state index is 0.222. The van der Waals surface area contributed by atoms with Gasteiger partial charge in [0, 0.05) is 19.0 Å². The normalized spacial score (nSPS) is 12.8. The van der Waals surface area contributed by atoms with E-state index in [2.05, 4.69) is 49.9 Å². The first kappa shape index (κ1) is 16.7. The summed E-state index contributed by atoms with van der Waals surface area (Å²) in [4.78, 5) is 2.47. The third-order valence-corrected chi connectivity index (χ3v) is 4.09. The largest absolute Gasteiger partial charge is 0.388 e. The lowest BCUT2D eigenvalue weighted by molar-refractivity contribution is 0.173. The molecule has 0 fully saturated rings. The molecule has 0 aliphatic heterocycles. The predicted octanol–water partition coefficient (Wildman–Crippen LogP) is 3.81. The molecule has 112 valence electrons. The first-order valence-electron chi connectivity index (χ1n) is 7.74. The molecule has 3 N–H and O–H groups in total. The summed E-state index contributed by atoms with van der Waals surface area (Å²) in [5, 5.41) is 7.67. The predicted molar refractivity (Wildman–Crippen MR) is 87.0 cm³/mol. The molecule has 0 radical (unpaired) electrons. The Morgan fingerprint density at radius 2 is 1.75 bits per heavy atom. The Kier molecular flexibility index (Phi) is 7.31. The first-order chi connectivity index (χ1) is 9.62. The van der Waals surface area contributed by atoms with Crippen LogP contribution in [0.5, 0.6) is 0 Å². The van der Waals surface area contributed by atoms with E-state index in [4.69, 9.17) is 11.1 Å². The van der Waals surface area contributed by atoms with Gasteiger partial charge in [0.05, 0.1) is 5.84 Å². The molecule has 1 aromatic rings. The first-order valence-corrected chi connectivity index (χ1v) is 7.74. The fraction of sp³-hybridized carbons (Fsp3) is 0.588. The van der Waals surface area contributed by atoms with Gasteiger partial charge in [-0.15, -0.1) is 0 Å². The summed E-state index contributed by atoms with van der Waals surface area (Å²) >= 11 is 0. The fourth-order valence-corrected chi connectivity index (χ4v) is 2.70. The zero-order chi connectivity index (χ0) is 15.0. The van der Waals surface area contributed by atoms with E-state index >= 15 is 0 Å². The maximum Gasteiger partial charge on any atom is 0.0924 e. The van der Waals surface area contributed by atoms with E-state index in [0.717, 1.165) is 13.1 Å². The van der Waals surface area contributed by atoms with Crippen LogP contribution in [0, 0.1) is 11.3 Å². The monoisotopic (exact) mass is 275 g/mol. The van der Waals surface area contributed by atoms with Gasteiger partial charge in [-0.3, -0.25) is 10.3 Å². The van der Waals surface area contributed by atoms with Gasteiger partial charge in [-0.05, 0) is 18.0 Å². The second-order valence-corrected chi connectivity index (χ2v) is 5.43. The number of nitrogens with two attached hydrogens (primary N) is 1. The van der Waals surface area contributed by atoms with Gasteiger partial charge >= 0.3 is 0 Å². The standard InChI is InChI=1S/C17H29N3/c1-4-14(5-2)13-20(6-3)16(12-17(18)19)15-10-8-7-9-11-15/h7-11,14,16H,4-6,12-13H2,1-3H3,(H3,18,19). The van der Waals surface area contributed by atoms with Crippen molar-refractivity contribution in [2.24, 2.45) is 11.7 Å². The number of nitrogens with zero attached hydrogens (tertiary/aromatic N) is 1. The molecule has 3 heteroatoms. The molecule has 0 heterocycles. The molecule has 1 rings (SSSR count). The fourth-order valence-electron chi connectivity index (χ4n) is 2.70. The summed E-state index contributed by atoms with van der Waals surface area (Å²) in [6.45, 7) is 8.77. The highest BCUT2D eigenvalue weighted by Crippen LogP contribution is 2.26. The number of hydrogen-bond acceptors (Lipinski definition) is 2. The number of hydrogen-bond donors (Lipinski definition) is 2. The maximum atomic E-state index is 7.67. The topological polar surface area (TPSA) is 53.1 Å². The summed E-state index contributed by atoms with van der Waals surface area (Å²) < 4.78 is 0. The number of nitrogens with one attached hydrogen (secondary N) is 1. The Balaban J connectivity index is 2.92. The van der Waals surface area contributed by atoms with E-state index in [1.54, 1.807) is 0 Å². The van der Waals surface area contributed by atoms with Gasteiger partial charge in [0.15, 0.2) is 0 Å². The second-order valence-electron chi connectivity index (χ2n) is 5.43. The average molecular weight is 275 g/mol. The smallest absolute Gasteiger partial charge is 0.0924 e. The molecule has 0 aliphatic carbocycles. The van der Waals surface area contributed by atoms with Gasteiger partial charge in [0.25, 0.3) is 0 Å². The van der Waals surface area contributed by atoms with E-state index in [0.29, 0.717) is 12.3 Å². The highest BCUT2D eigenvalue weighted by molar-refractivity contribution is 5.77. The molecule has 1 aromatic carbocycles. The molecule has 1 atom stereocenters. The van der Waals surface area contributed by atoms with Crippen LogP contribution in [0.3, 0.4) is 0 Å². The van der Waals surface area contributed by atoms with E-state index in [9.17, 15) is 0 Å². The highest BCUT2D eigenvalue weighted by atomic mass is 15.2. The Hall–Kier alpha value is -1.35. The Labute approximate surface area is 123 Å². The number of amidine groups is 1. The van der Waals surface area contributed by atoms with Crippen molar-refractivity contribution in [2.45, 2.75) is 46.1 Å². The van der Waals surface area contributed by atoms with Crippen molar-refractivity contribution < 1.29 is 0 Å². The van der Waals surface area contributed by atoms with Crippen molar-refractivity contribution in [1.82, 2.24) is 4.90 Å². The number of benzene rings is 1. The van der Waals surface area contributed by atoms with Crippen molar-refractivity contribution >= 4 is 5.84 Å². The van der Waals surface area contributed by atoms with Gasteiger partial charge in [0.1, 0.15) is 0 Å². The molecule has 0 saturated carbocycles. The van der Waals surface area contributed by atoms with Crippen LogP contribution in [0.1, 0.15) is 51.6 Å². The van der Waals surface area contributed by atoms with Crippen molar-refractivity contribution in [3.05, 3.63) is 35.9 Å². The minimum Gasteiger partial charge on any atom is -0.388 e. The van der Waals surface area contributed by atoms with Gasteiger partial charge in [-0.1, -0.05) is 63.9 Å². The van der Waals surface area contributed by atoms with Crippen LogP contribution in [0.15, 0.2) is 30.3 Å². The zero-order valence-electron chi connectivity index (χ0n) is 13.1.